The van der Waals surface area contributed by atoms with E-state index in [4.69, 9.17) is 21.4 Å². The quantitative estimate of drug-likeness (QED) is 0.820. The molecule has 25 heavy (non-hydrogen) atoms. The Morgan fingerprint density at radius 1 is 1.36 bits per heavy atom. The van der Waals surface area contributed by atoms with Crippen LogP contribution in [0, 0.1) is 6.92 Å². The molecule has 3 rings (SSSR count). The van der Waals surface area contributed by atoms with Crippen LogP contribution >= 0.6 is 11.6 Å². The van der Waals surface area contributed by atoms with Gasteiger partial charge in [-0.15, -0.1) is 0 Å². The molecule has 1 aromatic heterocycles. The van der Waals surface area contributed by atoms with Gasteiger partial charge in [-0.25, -0.2) is 0 Å². The summed E-state index contributed by atoms with van der Waals surface area (Å²) in [4.78, 5) is 2.31. The number of hydrogen-bond acceptors (Lipinski definition) is 5. The van der Waals surface area contributed by atoms with Crippen LogP contribution in [0.5, 0.6) is 5.75 Å². The first-order valence-corrected chi connectivity index (χ1v) is 8.92. The summed E-state index contributed by atoms with van der Waals surface area (Å²) in [6, 6.07) is 7.61. The first-order valence-electron chi connectivity index (χ1n) is 8.54. The lowest BCUT2D eigenvalue weighted by Crippen LogP contribution is -2.28. The molecule has 1 aliphatic rings. The van der Waals surface area contributed by atoms with Gasteiger partial charge in [0.15, 0.2) is 0 Å². The fraction of sp³-hybridized carbons (Fsp3) is 0.500. The predicted octanol–water partition coefficient (Wildman–Crippen LogP) is 2.16. The number of hydrogen-bond donors (Lipinski definition) is 2. The van der Waals surface area contributed by atoms with Gasteiger partial charge in [-0.05, 0) is 31.0 Å². The minimum absolute atomic E-state index is 0.314. The monoisotopic (exact) mass is 365 g/mol. The van der Waals surface area contributed by atoms with Gasteiger partial charge in [0.1, 0.15) is 18.5 Å². The van der Waals surface area contributed by atoms with Crippen molar-refractivity contribution in [1.29, 1.82) is 0 Å². The van der Waals surface area contributed by atoms with E-state index < -0.39 is 6.10 Å². The van der Waals surface area contributed by atoms with Crippen molar-refractivity contribution in [2.45, 2.75) is 32.5 Å². The van der Waals surface area contributed by atoms with Crippen LogP contribution in [-0.4, -0.2) is 51.2 Å². The lowest BCUT2D eigenvalue weighted by atomic mass is 10.2. The minimum atomic E-state index is -0.917. The number of para-hydroxylation sites is 1. The second-order valence-electron chi connectivity index (χ2n) is 6.35. The van der Waals surface area contributed by atoms with Crippen molar-refractivity contribution in [3.8, 4) is 5.75 Å². The van der Waals surface area contributed by atoms with E-state index in [1.165, 1.54) is 0 Å². The van der Waals surface area contributed by atoms with Gasteiger partial charge in [0.05, 0.1) is 23.0 Å². The third kappa shape index (κ3) is 4.33. The summed E-state index contributed by atoms with van der Waals surface area (Å²) >= 11 is 6.20. The highest BCUT2D eigenvalue weighted by atomic mass is 35.5. The van der Waals surface area contributed by atoms with Crippen LogP contribution in [0.4, 0.5) is 0 Å². The van der Waals surface area contributed by atoms with Crippen molar-refractivity contribution in [3.05, 3.63) is 46.2 Å². The molecule has 0 bridgehead atoms. The van der Waals surface area contributed by atoms with Crippen LogP contribution in [0.3, 0.4) is 0 Å². The molecular formula is C18H24ClN3O3. The van der Waals surface area contributed by atoms with Gasteiger partial charge in [0, 0.05) is 26.2 Å². The first-order chi connectivity index (χ1) is 12.1. The summed E-state index contributed by atoms with van der Waals surface area (Å²) < 4.78 is 7.81. The highest BCUT2D eigenvalue weighted by Crippen LogP contribution is 2.27. The Hall–Kier alpha value is -1.60. The lowest BCUT2D eigenvalue weighted by molar-refractivity contribution is 0.0916. The zero-order valence-corrected chi connectivity index (χ0v) is 15.1. The molecule has 0 aliphatic carbocycles. The number of aliphatic hydroxyl groups is 2. The molecule has 2 aromatic rings. The molecule has 0 spiro atoms. The molecular weight excluding hydrogens is 342 g/mol. The zero-order valence-electron chi connectivity index (χ0n) is 14.4. The van der Waals surface area contributed by atoms with Crippen molar-refractivity contribution in [2.75, 3.05) is 26.3 Å². The molecule has 2 heterocycles. The highest BCUT2D eigenvalue weighted by molar-refractivity contribution is 6.32. The maximum Gasteiger partial charge on any atom is 0.140 e. The lowest BCUT2D eigenvalue weighted by Gasteiger charge is -2.20. The molecule has 136 valence electrons. The van der Waals surface area contributed by atoms with Crippen molar-refractivity contribution < 1.29 is 14.9 Å². The summed E-state index contributed by atoms with van der Waals surface area (Å²) in [5.41, 5.74) is 2.61. The molecule has 0 saturated heterocycles. The highest BCUT2D eigenvalue weighted by Gasteiger charge is 2.19. The summed E-state index contributed by atoms with van der Waals surface area (Å²) in [5, 5.41) is 23.9. The van der Waals surface area contributed by atoms with Gasteiger partial charge in [-0.1, -0.05) is 23.7 Å². The molecule has 1 aromatic carbocycles. The molecule has 0 saturated carbocycles. The van der Waals surface area contributed by atoms with Gasteiger partial charge in [0.2, 0.25) is 0 Å². The number of nitrogens with zero attached hydrogens (tertiary/aromatic N) is 3. The van der Waals surface area contributed by atoms with Crippen molar-refractivity contribution >= 4 is 11.6 Å². The van der Waals surface area contributed by atoms with Gasteiger partial charge in [-0.2, -0.15) is 5.10 Å². The maximum atomic E-state index is 9.76. The first kappa shape index (κ1) is 18.2. The van der Waals surface area contributed by atoms with Crippen molar-refractivity contribution in [1.82, 2.24) is 14.7 Å². The number of rotatable bonds is 6. The summed E-state index contributed by atoms with van der Waals surface area (Å²) in [6.07, 6.45) is 0.0634. The minimum Gasteiger partial charge on any atom is -0.490 e. The van der Waals surface area contributed by atoms with Gasteiger partial charge < -0.3 is 14.9 Å². The van der Waals surface area contributed by atoms with E-state index in [9.17, 15) is 5.11 Å². The van der Waals surface area contributed by atoms with E-state index >= 15 is 0 Å². The molecule has 7 heteroatoms. The average molecular weight is 366 g/mol. The number of benzene rings is 1. The molecule has 1 aliphatic heterocycles. The Balaban J connectivity index is 1.59. The van der Waals surface area contributed by atoms with Crippen LogP contribution in [0.1, 0.15) is 29.5 Å². The second kappa shape index (κ2) is 8.19. The number of aliphatic hydroxyl groups excluding tert-OH is 2. The molecule has 0 radical (unpaired) electrons. The topological polar surface area (TPSA) is 70.8 Å². The van der Waals surface area contributed by atoms with Crippen molar-refractivity contribution in [3.63, 3.8) is 0 Å². The zero-order chi connectivity index (χ0) is 17.8. The third-order valence-electron chi connectivity index (χ3n) is 4.44. The van der Waals surface area contributed by atoms with E-state index in [1.807, 2.05) is 35.9 Å². The normalized spacial score (nSPS) is 16.3. The van der Waals surface area contributed by atoms with E-state index in [0.717, 1.165) is 49.6 Å². The summed E-state index contributed by atoms with van der Waals surface area (Å²) in [7, 11) is 0. The Morgan fingerprint density at radius 3 is 2.96 bits per heavy atom. The van der Waals surface area contributed by atoms with E-state index in [2.05, 4.69) is 10.00 Å². The fourth-order valence-corrected chi connectivity index (χ4v) is 3.35. The number of fused-ring (bicyclic) bond motifs is 1. The Kier molecular flexibility index (Phi) is 5.96. The molecule has 0 fully saturated rings. The van der Waals surface area contributed by atoms with Crippen LogP contribution in [0.2, 0.25) is 5.02 Å². The van der Waals surface area contributed by atoms with E-state index in [1.54, 1.807) is 0 Å². The smallest absolute Gasteiger partial charge is 0.140 e. The second-order valence-corrected chi connectivity index (χ2v) is 6.75. The number of halogens is 1. The van der Waals surface area contributed by atoms with Crippen molar-refractivity contribution in [2.24, 2.45) is 0 Å². The fourth-order valence-electron chi connectivity index (χ4n) is 3.07. The van der Waals surface area contributed by atoms with Gasteiger partial charge in [0.25, 0.3) is 0 Å². The number of ether oxygens (including phenoxy) is 1. The molecule has 1 atom stereocenters. The van der Waals surface area contributed by atoms with E-state index in [-0.39, 0.29) is 6.61 Å². The third-order valence-corrected chi connectivity index (χ3v) is 4.74. The Morgan fingerprint density at radius 2 is 2.20 bits per heavy atom. The predicted molar refractivity (Wildman–Crippen MR) is 95.9 cm³/mol. The van der Waals surface area contributed by atoms with Gasteiger partial charge >= 0.3 is 0 Å². The molecule has 2 N–H and O–H groups in total. The summed E-state index contributed by atoms with van der Waals surface area (Å²) in [6.45, 7) is 5.54. The number of aryl methyl sites for hydroxylation is 2. The standard InChI is InChI=1S/C18H24ClN3O3/c1-13-4-2-5-15(19)18(13)25-9-8-21-6-3-7-22-14(11-21)10-16(20-22)17(24)12-23/h2,4-5,10,17,23-24H,3,6-9,11-12H2,1H3. The SMILES string of the molecule is Cc1cccc(Cl)c1OCCN1CCCn2nc(C(O)CO)cc2C1. The molecule has 6 nitrogen and oxygen atoms in total. The largest absolute Gasteiger partial charge is 0.490 e. The number of aromatic nitrogens is 2. The molecule has 1 unspecified atom stereocenters. The van der Waals surface area contributed by atoms with Crippen LogP contribution in [0.15, 0.2) is 24.3 Å². The maximum absolute atomic E-state index is 9.76. The Bertz CT molecular complexity index is 699. The average Bonchev–Trinajstić information content (AvgIpc) is 2.90. The van der Waals surface area contributed by atoms with Crippen LogP contribution in [0.25, 0.3) is 0 Å². The van der Waals surface area contributed by atoms with Crippen LogP contribution in [-0.2, 0) is 13.1 Å². The van der Waals surface area contributed by atoms with Gasteiger partial charge in [-0.3, -0.25) is 9.58 Å². The van der Waals surface area contributed by atoms with Crippen LogP contribution < -0.4 is 4.74 Å². The molecule has 0 amide bonds. The Labute approximate surface area is 152 Å². The summed E-state index contributed by atoms with van der Waals surface area (Å²) in [5.74, 6) is 0.748. The van der Waals surface area contributed by atoms with E-state index in [0.29, 0.717) is 17.3 Å².